The number of hydrogen-bond donors (Lipinski definition) is 1. The Morgan fingerprint density at radius 1 is 1.20 bits per heavy atom. The number of nitrogens with two attached hydrogens (primary N) is 1. The van der Waals surface area contributed by atoms with Crippen molar-refractivity contribution < 1.29 is 0 Å². The van der Waals surface area contributed by atoms with E-state index in [1.807, 2.05) is 18.2 Å². The van der Waals surface area contributed by atoms with Crippen LogP contribution in [-0.4, -0.2) is 9.97 Å². The van der Waals surface area contributed by atoms with Crippen molar-refractivity contribution in [2.75, 3.05) is 5.73 Å². The Bertz CT molecular complexity index is 466. The summed E-state index contributed by atoms with van der Waals surface area (Å²) in [5.74, 6) is 0.318. The van der Waals surface area contributed by atoms with Crippen LogP contribution in [0.2, 0.25) is 0 Å². The average Bonchev–Trinajstić information content (AvgIpc) is 2.29. The fourth-order valence-corrected chi connectivity index (χ4v) is 1.60. The van der Waals surface area contributed by atoms with Crippen molar-refractivity contribution in [2.45, 2.75) is 13.3 Å². The highest BCUT2D eigenvalue weighted by Gasteiger charge is 2.04. The van der Waals surface area contributed by atoms with E-state index < -0.39 is 0 Å². The number of aryl methyl sites for hydroxylation is 1. The van der Waals surface area contributed by atoms with E-state index in [1.165, 1.54) is 5.56 Å². The van der Waals surface area contributed by atoms with Crippen molar-refractivity contribution in [3.8, 4) is 11.3 Å². The molecule has 0 saturated carbocycles. The third-order valence-corrected chi connectivity index (χ3v) is 2.35. The highest BCUT2D eigenvalue weighted by Crippen LogP contribution is 2.21. The summed E-state index contributed by atoms with van der Waals surface area (Å²) >= 11 is 0. The van der Waals surface area contributed by atoms with Gasteiger partial charge in [0.25, 0.3) is 0 Å². The Morgan fingerprint density at radius 2 is 2.00 bits per heavy atom. The number of aromatic nitrogens is 2. The van der Waals surface area contributed by atoms with Crippen molar-refractivity contribution in [3.63, 3.8) is 0 Å². The second kappa shape index (κ2) is 4.09. The van der Waals surface area contributed by atoms with Gasteiger partial charge in [0.1, 0.15) is 0 Å². The first-order valence-electron chi connectivity index (χ1n) is 4.98. The maximum absolute atomic E-state index is 5.57. The highest BCUT2D eigenvalue weighted by molar-refractivity contribution is 5.64. The van der Waals surface area contributed by atoms with E-state index in [1.54, 1.807) is 6.20 Å². The summed E-state index contributed by atoms with van der Waals surface area (Å²) in [5.41, 5.74) is 8.86. The molecule has 0 bridgehead atoms. The molecule has 76 valence electrons. The molecule has 0 aliphatic carbocycles. The highest BCUT2D eigenvalue weighted by atomic mass is 15.0. The van der Waals surface area contributed by atoms with Crippen LogP contribution in [0.25, 0.3) is 11.3 Å². The minimum Gasteiger partial charge on any atom is -0.368 e. The molecule has 2 rings (SSSR count). The van der Waals surface area contributed by atoms with Gasteiger partial charge in [-0.3, -0.25) is 0 Å². The van der Waals surface area contributed by atoms with Gasteiger partial charge in [-0.05, 0) is 18.1 Å². The molecule has 15 heavy (non-hydrogen) atoms. The molecule has 2 N–H and O–H groups in total. The van der Waals surface area contributed by atoms with Crippen LogP contribution in [0.4, 0.5) is 5.95 Å². The van der Waals surface area contributed by atoms with Gasteiger partial charge >= 0.3 is 0 Å². The summed E-state index contributed by atoms with van der Waals surface area (Å²) < 4.78 is 0. The molecule has 3 heteroatoms. The molecule has 2 aromatic rings. The van der Waals surface area contributed by atoms with Crippen molar-refractivity contribution >= 4 is 5.95 Å². The summed E-state index contributed by atoms with van der Waals surface area (Å²) in [6.07, 6.45) is 2.67. The van der Waals surface area contributed by atoms with E-state index in [0.717, 1.165) is 17.7 Å². The molecule has 1 aromatic heterocycles. The first-order chi connectivity index (χ1) is 7.31. The normalized spacial score (nSPS) is 10.2. The van der Waals surface area contributed by atoms with E-state index in [-0.39, 0.29) is 0 Å². The topological polar surface area (TPSA) is 51.8 Å². The van der Waals surface area contributed by atoms with Crippen LogP contribution >= 0.6 is 0 Å². The molecule has 1 aromatic carbocycles. The Labute approximate surface area is 89.0 Å². The Kier molecular flexibility index (Phi) is 2.63. The van der Waals surface area contributed by atoms with Crippen molar-refractivity contribution in [1.29, 1.82) is 0 Å². The molecule has 0 atom stereocenters. The van der Waals surface area contributed by atoms with Gasteiger partial charge in [-0.1, -0.05) is 31.2 Å². The molecule has 0 saturated heterocycles. The lowest BCUT2D eigenvalue weighted by atomic mass is 10.0. The van der Waals surface area contributed by atoms with Gasteiger partial charge in [-0.2, -0.15) is 0 Å². The lowest BCUT2D eigenvalue weighted by molar-refractivity contribution is 1.12. The summed E-state index contributed by atoms with van der Waals surface area (Å²) in [5, 5.41) is 0. The zero-order valence-corrected chi connectivity index (χ0v) is 8.64. The van der Waals surface area contributed by atoms with Crippen LogP contribution in [0.5, 0.6) is 0 Å². The van der Waals surface area contributed by atoms with Gasteiger partial charge in [0.2, 0.25) is 5.95 Å². The largest absolute Gasteiger partial charge is 0.368 e. The van der Waals surface area contributed by atoms with Crippen LogP contribution in [0.3, 0.4) is 0 Å². The zero-order chi connectivity index (χ0) is 10.7. The smallest absolute Gasteiger partial charge is 0.220 e. The molecule has 0 spiro atoms. The van der Waals surface area contributed by atoms with Gasteiger partial charge in [0, 0.05) is 11.8 Å². The lowest BCUT2D eigenvalue weighted by Crippen LogP contribution is -1.96. The maximum atomic E-state index is 5.57. The second-order valence-electron chi connectivity index (χ2n) is 3.31. The van der Waals surface area contributed by atoms with E-state index >= 15 is 0 Å². The molecule has 0 aliphatic rings. The Hall–Kier alpha value is -1.90. The number of benzene rings is 1. The molecule has 0 fully saturated rings. The van der Waals surface area contributed by atoms with Gasteiger partial charge < -0.3 is 5.73 Å². The Morgan fingerprint density at radius 3 is 2.73 bits per heavy atom. The van der Waals surface area contributed by atoms with E-state index in [0.29, 0.717) is 5.95 Å². The molecule has 3 nitrogen and oxygen atoms in total. The van der Waals surface area contributed by atoms with Crippen LogP contribution in [0.1, 0.15) is 12.5 Å². The first-order valence-corrected chi connectivity index (χ1v) is 4.98. The summed E-state index contributed by atoms with van der Waals surface area (Å²) in [6.45, 7) is 2.13. The fourth-order valence-electron chi connectivity index (χ4n) is 1.60. The SMILES string of the molecule is CCc1ccccc1-c1ccnc(N)n1. The van der Waals surface area contributed by atoms with Crippen molar-refractivity contribution in [2.24, 2.45) is 0 Å². The van der Waals surface area contributed by atoms with Crippen LogP contribution in [0.15, 0.2) is 36.5 Å². The monoisotopic (exact) mass is 199 g/mol. The second-order valence-corrected chi connectivity index (χ2v) is 3.31. The average molecular weight is 199 g/mol. The van der Waals surface area contributed by atoms with Gasteiger partial charge in [-0.15, -0.1) is 0 Å². The van der Waals surface area contributed by atoms with Crippen molar-refractivity contribution in [1.82, 2.24) is 9.97 Å². The lowest BCUT2D eigenvalue weighted by Gasteiger charge is -2.06. The van der Waals surface area contributed by atoms with Crippen molar-refractivity contribution in [3.05, 3.63) is 42.1 Å². The molecule has 0 unspecified atom stereocenters. The van der Waals surface area contributed by atoms with Crippen LogP contribution < -0.4 is 5.73 Å². The number of hydrogen-bond acceptors (Lipinski definition) is 3. The quantitative estimate of drug-likeness (QED) is 0.807. The number of nitrogens with zero attached hydrogens (tertiary/aromatic N) is 2. The third-order valence-electron chi connectivity index (χ3n) is 2.35. The summed E-state index contributed by atoms with van der Waals surface area (Å²) in [4.78, 5) is 8.11. The van der Waals surface area contributed by atoms with E-state index in [4.69, 9.17) is 5.73 Å². The van der Waals surface area contributed by atoms with Crippen LogP contribution in [-0.2, 0) is 6.42 Å². The van der Waals surface area contributed by atoms with E-state index in [2.05, 4.69) is 29.0 Å². The summed E-state index contributed by atoms with van der Waals surface area (Å²) in [7, 11) is 0. The van der Waals surface area contributed by atoms with Crippen LogP contribution in [0, 0.1) is 0 Å². The first kappa shape index (κ1) is 9.65. The molecule has 0 amide bonds. The Balaban J connectivity index is 2.53. The molecular weight excluding hydrogens is 186 g/mol. The minimum absolute atomic E-state index is 0.318. The predicted molar refractivity (Wildman–Crippen MR) is 61.3 cm³/mol. The number of anilines is 1. The minimum atomic E-state index is 0.318. The van der Waals surface area contributed by atoms with Gasteiger partial charge in [0.15, 0.2) is 0 Å². The van der Waals surface area contributed by atoms with E-state index in [9.17, 15) is 0 Å². The standard InChI is InChI=1S/C12H13N3/c1-2-9-5-3-4-6-10(9)11-7-8-14-12(13)15-11/h3-8H,2H2,1H3,(H2,13,14,15). The van der Waals surface area contributed by atoms with Gasteiger partial charge in [-0.25, -0.2) is 9.97 Å². The predicted octanol–water partition coefficient (Wildman–Crippen LogP) is 2.29. The fraction of sp³-hybridized carbons (Fsp3) is 0.167. The zero-order valence-electron chi connectivity index (χ0n) is 8.64. The molecular formula is C12H13N3. The molecule has 0 aliphatic heterocycles. The maximum Gasteiger partial charge on any atom is 0.220 e. The molecule has 1 heterocycles. The summed E-state index contributed by atoms with van der Waals surface area (Å²) in [6, 6.07) is 10.1. The number of nitrogen functional groups attached to an aromatic ring is 1. The third kappa shape index (κ3) is 1.96. The molecule has 0 radical (unpaired) electrons. The van der Waals surface area contributed by atoms with Gasteiger partial charge in [0.05, 0.1) is 5.69 Å². The number of rotatable bonds is 2.